The number of aryl methyl sites for hydroxylation is 1. The molecule has 1 fully saturated rings. The van der Waals surface area contributed by atoms with Crippen molar-refractivity contribution < 1.29 is 0 Å². The number of thiol groups is 1. The Labute approximate surface area is 107 Å². The maximum Gasteiger partial charge on any atom is -0.0215 e. The van der Waals surface area contributed by atoms with Crippen LogP contribution in [0.4, 0.5) is 0 Å². The fourth-order valence-electron chi connectivity index (χ4n) is 1.84. The summed E-state index contributed by atoms with van der Waals surface area (Å²) < 4.78 is 0. The van der Waals surface area contributed by atoms with Crippen molar-refractivity contribution in [1.82, 2.24) is 0 Å². The molecule has 0 nitrogen and oxygen atoms in total. The SMILES string of the molecule is CC1CCCCC1.CS.Cc1ccccc1. The Morgan fingerprint density at radius 1 is 0.938 bits per heavy atom. The summed E-state index contributed by atoms with van der Waals surface area (Å²) in [7, 11) is 0. The summed E-state index contributed by atoms with van der Waals surface area (Å²) in [6, 6.07) is 10.3. The molecule has 0 bridgehead atoms. The number of rotatable bonds is 0. The molecule has 0 heterocycles. The molecule has 16 heavy (non-hydrogen) atoms. The first-order valence-electron chi connectivity index (χ1n) is 6.25. The molecular weight excluding hydrogens is 212 g/mol. The molecule has 0 radical (unpaired) electrons. The van der Waals surface area contributed by atoms with Crippen molar-refractivity contribution in [1.29, 1.82) is 0 Å². The highest BCUT2D eigenvalue weighted by Crippen LogP contribution is 2.22. The first-order valence-corrected chi connectivity index (χ1v) is 7.15. The van der Waals surface area contributed by atoms with Crippen LogP contribution in [0.25, 0.3) is 0 Å². The van der Waals surface area contributed by atoms with Crippen LogP contribution in [-0.4, -0.2) is 6.26 Å². The van der Waals surface area contributed by atoms with Crippen LogP contribution in [0.2, 0.25) is 0 Å². The lowest BCUT2D eigenvalue weighted by atomic mass is 9.91. The molecule has 92 valence electrons. The molecular formula is C15H26S. The van der Waals surface area contributed by atoms with Crippen molar-refractivity contribution in [3.05, 3.63) is 35.9 Å². The van der Waals surface area contributed by atoms with E-state index in [2.05, 4.69) is 38.6 Å². The second kappa shape index (κ2) is 11.1. The maximum atomic E-state index is 3.53. The third-order valence-corrected chi connectivity index (χ3v) is 2.83. The van der Waals surface area contributed by atoms with Crippen molar-refractivity contribution in [2.24, 2.45) is 5.92 Å². The first-order chi connectivity index (χ1) is 7.79. The molecule has 2 rings (SSSR count). The predicted molar refractivity (Wildman–Crippen MR) is 78.3 cm³/mol. The molecule has 1 aliphatic rings. The predicted octanol–water partition coefficient (Wildman–Crippen LogP) is 5.13. The number of hydrogen-bond acceptors (Lipinski definition) is 1. The Bertz CT molecular complexity index is 224. The molecule has 0 aromatic heterocycles. The second-order valence-electron chi connectivity index (χ2n) is 4.40. The van der Waals surface area contributed by atoms with Crippen LogP contribution in [0.15, 0.2) is 30.3 Å². The van der Waals surface area contributed by atoms with Gasteiger partial charge in [-0.1, -0.05) is 74.9 Å². The summed E-state index contributed by atoms with van der Waals surface area (Å²) in [5.74, 6) is 1.04. The Morgan fingerprint density at radius 2 is 1.44 bits per heavy atom. The second-order valence-corrected chi connectivity index (χ2v) is 4.40. The largest absolute Gasteiger partial charge is 0.183 e. The fourth-order valence-corrected chi connectivity index (χ4v) is 1.84. The van der Waals surface area contributed by atoms with Crippen molar-refractivity contribution in [3.8, 4) is 0 Å². The van der Waals surface area contributed by atoms with Crippen molar-refractivity contribution in [3.63, 3.8) is 0 Å². The van der Waals surface area contributed by atoms with Gasteiger partial charge in [0.1, 0.15) is 0 Å². The van der Waals surface area contributed by atoms with Crippen LogP contribution in [0, 0.1) is 12.8 Å². The molecule has 1 heteroatoms. The van der Waals surface area contributed by atoms with Gasteiger partial charge in [-0.25, -0.2) is 0 Å². The van der Waals surface area contributed by atoms with Gasteiger partial charge < -0.3 is 0 Å². The summed E-state index contributed by atoms with van der Waals surface area (Å²) >= 11 is 3.53. The number of benzene rings is 1. The maximum absolute atomic E-state index is 3.53. The highest BCUT2D eigenvalue weighted by Gasteiger charge is 2.05. The van der Waals surface area contributed by atoms with Gasteiger partial charge in [0, 0.05) is 0 Å². The zero-order valence-electron chi connectivity index (χ0n) is 10.9. The highest BCUT2D eigenvalue weighted by atomic mass is 32.1. The Balaban J connectivity index is 0.000000244. The van der Waals surface area contributed by atoms with Gasteiger partial charge in [0.05, 0.1) is 0 Å². The van der Waals surface area contributed by atoms with E-state index in [-0.39, 0.29) is 0 Å². The molecule has 0 saturated heterocycles. The Morgan fingerprint density at radius 3 is 1.69 bits per heavy atom. The van der Waals surface area contributed by atoms with E-state index in [0.717, 1.165) is 5.92 Å². The standard InChI is InChI=1S/C7H14.C7H8.CH4S/c2*1-7-5-3-2-4-6-7;1-2/h7H,2-6H2,1H3;2-6H,1H3;2H,1H3. The lowest BCUT2D eigenvalue weighted by Gasteiger charge is -2.15. The monoisotopic (exact) mass is 238 g/mol. The van der Waals surface area contributed by atoms with E-state index in [1.807, 2.05) is 18.2 Å². The van der Waals surface area contributed by atoms with Crippen LogP contribution in [0.1, 0.15) is 44.6 Å². The van der Waals surface area contributed by atoms with E-state index >= 15 is 0 Å². The zero-order chi connectivity index (χ0) is 12.2. The summed E-state index contributed by atoms with van der Waals surface area (Å²) in [5.41, 5.74) is 1.32. The van der Waals surface area contributed by atoms with Gasteiger partial charge >= 0.3 is 0 Å². The Kier molecular flexibility index (Phi) is 10.8. The summed E-state index contributed by atoms with van der Waals surface area (Å²) in [6.45, 7) is 4.44. The van der Waals surface area contributed by atoms with E-state index in [0.29, 0.717) is 0 Å². The molecule has 1 saturated carbocycles. The molecule has 1 aromatic rings. The van der Waals surface area contributed by atoms with Gasteiger partial charge in [0.25, 0.3) is 0 Å². The van der Waals surface area contributed by atoms with Gasteiger partial charge in [-0.3, -0.25) is 0 Å². The van der Waals surface area contributed by atoms with E-state index in [4.69, 9.17) is 0 Å². The van der Waals surface area contributed by atoms with Crippen molar-refractivity contribution >= 4 is 12.6 Å². The van der Waals surface area contributed by atoms with Gasteiger partial charge in [0.15, 0.2) is 0 Å². The van der Waals surface area contributed by atoms with E-state index in [1.165, 1.54) is 37.7 Å². The quantitative estimate of drug-likeness (QED) is 0.595. The van der Waals surface area contributed by atoms with Crippen LogP contribution in [-0.2, 0) is 0 Å². The minimum Gasteiger partial charge on any atom is -0.183 e. The van der Waals surface area contributed by atoms with E-state index in [9.17, 15) is 0 Å². The van der Waals surface area contributed by atoms with Crippen LogP contribution in [0.3, 0.4) is 0 Å². The van der Waals surface area contributed by atoms with Gasteiger partial charge in [-0.15, -0.1) is 0 Å². The molecule has 0 aliphatic heterocycles. The normalized spacial score (nSPS) is 15.2. The lowest BCUT2D eigenvalue weighted by Crippen LogP contribution is -1.99. The fraction of sp³-hybridized carbons (Fsp3) is 0.600. The zero-order valence-corrected chi connectivity index (χ0v) is 11.8. The molecule has 0 N–H and O–H groups in total. The molecule has 1 aromatic carbocycles. The first kappa shape index (κ1) is 15.6. The lowest BCUT2D eigenvalue weighted by molar-refractivity contribution is 0.385. The average Bonchev–Trinajstić information content (AvgIpc) is 2.34. The molecule has 0 unspecified atom stereocenters. The highest BCUT2D eigenvalue weighted by molar-refractivity contribution is 7.79. The average molecular weight is 238 g/mol. The minimum absolute atomic E-state index is 1.04. The molecule has 0 amide bonds. The van der Waals surface area contributed by atoms with Gasteiger partial charge in [-0.05, 0) is 19.1 Å². The summed E-state index contributed by atoms with van der Waals surface area (Å²) in [6.07, 6.45) is 9.13. The van der Waals surface area contributed by atoms with Crippen LogP contribution < -0.4 is 0 Å². The van der Waals surface area contributed by atoms with Crippen LogP contribution in [0.5, 0.6) is 0 Å². The summed E-state index contributed by atoms with van der Waals surface area (Å²) in [4.78, 5) is 0. The molecule has 0 atom stereocenters. The van der Waals surface area contributed by atoms with E-state index in [1.54, 1.807) is 6.26 Å². The van der Waals surface area contributed by atoms with Gasteiger partial charge in [0.2, 0.25) is 0 Å². The third kappa shape index (κ3) is 8.84. The minimum atomic E-state index is 1.04. The van der Waals surface area contributed by atoms with Crippen molar-refractivity contribution in [2.75, 3.05) is 6.26 Å². The third-order valence-electron chi connectivity index (χ3n) is 2.83. The van der Waals surface area contributed by atoms with Crippen molar-refractivity contribution in [2.45, 2.75) is 46.0 Å². The topological polar surface area (TPSA) is 0 Å². The number of hydrogen-bond donors (Lipinski definition) is 1. The molecule has 0 spiro atoms. The summed E-state index contributed by atoms with van der Waals surface area (Å²) in [5, 5.41) is 0. The Hall–Kier alpha value is -0.430. The smallest absolute Gasteiger partial charge is 0.0215 e. The van der Waals surface area contributed by atoms with Gasteiger partial charge in [-0.2, -0.15) is 12.6 Å². The van der Waals surface area contributed by atoms with E-state index < -0.39 is 0 Å². The molecule has 1 aliphatic carbocycles. The van der Waals surface area contributed by atoms with Crippen LogP contribution >= 0.6 is 12.6 Å².